The van der Waals surface area contributed by atoms with E-state index in [1.807, 2.05) is 30.3 Å². The first-order chi connectivity index (χ1) is 5.35. The van der Waals surface area contributed by atoms with Crippen LogP contribution in [0.5, 0.6) is 5.75 Å². The van der Waals surface area contributed by atoms with Gasteiger partial charge in [-0.25, -0.2) is 0 Å². The van der Waals surface area contributed by atoms with E-state index in [-0.39, 0.29) is 0 Å². The van der Waals surface area contributed by atoms with Crippen molar-refractivity contribution in [2.24, 2.45) is 0 Å². The van der Waals surface area contributed by atoms with Gasteiger partial charge in [-0.2, -0.15) is 0 Å². The molecular weight excluding hydrogens is 236 g/mol. The van der Waals surface area contributed by atoms with E-state index >= 15 is 0 Å². The van der Waals surface area contributed by atoms with Crippen LogP contribution in [0.25, 0.3) is 0 Å². The molecule has 11 heavy (non-hydrogen) atoms. The molecule has 0 amide bonds. The summed E-state index contributed by atoms with van der Waals surface area (Å²) >= 11 is -0.931. The number of halogens is 2. The Morgan fingerprint density at radius 3 is 1.91 bits per heavy atom. The number of hydrogen-bond donors (Lipinski definition) is 0. The van der Waals surface area contributed by atoms with Crippen molar-refractivity contribution in [1.82, 2.24) is 0 Å². The summed E-state index contributed by atoms with van der Waals surface area (Å²) < 4.78 is 4.91. The molecule has 0 bridgehead atoms. The van der Waals surface area contributed by atoms with Crippen molar-refractivity contribution < 1.29 is 19.9 Å². The number of methoxy groups -OCH3 is 1. The van der Waals surface area contributed by atoms with E-state index in [2.05, 4.69) is 0 Å². The minimum absolute atomic E-state index is 0.910. The molecule has 0 fully saturated rings. The maximum absolute atomic E-state index is 4.95. The second-order valence-electron chi connectivity index (χ2n) is 1.62. The van der Waals surface area contributed by atoms with Crippen LogP contribution in [-0.2, 0) is 15.1 Å². The summed E-state index contributed by atoms with van der Waals surface area (Å²) in [4.78, 5) is 0. The molecule has 0 N–H and O–H groups in total. The fourth-order valence-corrected chi connectivity index (χ4v) is 0.557. The van der Waals surface area contributed by atoms with Gasteiger partial charge >= 0.3 is 34.5 Å². The summed E-state index contributed by atoms with van der Waals surface area (Å²) in [5.74, 6) is 0.910. The third kappa shape index (κ3) is 6.61. The van der Waals surface area contributed by atoms with Crippen LogP contribution in [0.4, 0.5) is 0 Å². The van der Waals surface area contributed by atoms with Gasteiger partial charge in [-0.3, -0.25) is 0 Å². The summed E-state index contributed by atoms with van der Waals surface area (Å²) in [6, 6.07) is 9.68. The van der Waals surface area contributed by atoms with Gasteiger partial charge in [0.05, 0.1) is 7.11 Å². The Balaban J connectivity index is 0.000000292. The van der Waals surface area contributed by atoms with E-state index in [1.165, 1.54) is 0 Å². The second kappa shape index (κ2) is 8.32. The van der Waals surface area contributed by atoms with Crippen LogP contribution in [0, 0.1) is 0 Å². The topological polar surface area (TPSA) is 9.23 Å². The molecule has 0 unspecified atom stereocenters. The van der Waals surface area contributed by atoms with E-state index in [0.717, 1.165) is 5.75 Å². The third-order valence-electron chi connectivity index (χ3n) is 0.979. The Morgan fingerprint density at radius 2 is 1.64 bits per heavy atom. The van der Waals surface area contributed by atoms with E-state index in [0.29, 0.717) is 0 Å². The molecule has 1 aromatic rings. The molecule has 0 aliphatic rings. The number of rotatable bonds is 1. The normalized spacial score (nSPS) is 7.18. The van der Waals surface area contributed by atoms with Crippen LogP contribution in [0.2, 0.25) is 0 Å². The molecule has 0 aliphatic heterocycles. The molecule has 0 radical (unpaired) electrons. The average molecular weight is 244 g/mol. The molecule has 1 nitrogen and oxygen atoms in total. The second-order valence-corrected chi connectivity index (χ2v) is 6.24. The minimum atomic E-state index is -0.931. The molecule has 0 heterocycles. The Morgan fingerprint density at radius 1 is 1.18 bits per heavy atom. The molecule has 0 spiro atoms. The standard InChI is InChI=1S/C7H8O.2ClH.Zn/c1-8-7-5-3-2-4-6-7;;;/h2-6H,1H3;2*1H;/q;;;+2/p-2. The van der Waals surface area contributed by atoms with Gasteiger partial charge in [-0.1, -0.05) is 18.2 Å². The molecule has 0 atom stereocenters. The number of ether oxygens (including phenoxy) is 1. The van der Waals surface area contributed by atoms with Gasteiger partial charge in [-0.15, -0.1) is 0 Å². The van der Waals surface area contributed by atoms with Crippen LogP contribution in [-0.4, -0.2) is 7.11 Å². The van der Waals surface area contributed by atoms with Crippen molar-refractivity contribution in [2.45, 2.75) is 0 Å². The molecule has 0 aliphatic carbocycles. The van der Waals surface area contributed by atoms with Gasteiger partial charge < -0.3 is 4.74 Å². The van der Waals surface area contributed by atoms with Crippen LogP contribution >= 0.6 is 19.4 Å². The van der Waals surface area contributed by atoms with E-state index in [9.17, 15) is 0 Å². The van der Waals surface area contributed by atoms with Crippen molar-refractivity contribution in [1.29, 1.82) is 0 Å². The Labute approximate surface area is 82.3 Å². The Bertz CT molecular complexity index is 169. The Kier molecular flexibility index (Phi) is 8.49. The van der Waals surface area contributed by atoms with E-state index in [1.54, 1.807) is 7.11 Å². The molecule has 1 rings (SSSR count). The van der Waals surface area contributed by atoms with Gasteiger partial charge in [0.1, 0.15) is 5.75 Å². The number of benzene rings is 1. The first-order valence-corrected chi connectivity index (χ1v) is 10.9. The Hall–Kier alpha value is 0.223. The summed E-state index contributed by atoms with van der Waals surface area (Å²) in [6.45, 7) is 0. The van der Waals surface area contributed by atoms with E-state index < -0.39 is 15.1 Å². The quantitative estimate of drug-likeness (QED) is 0.690. The third-order valence-corrected chi connectivity index (χ3v) is 0.979. The molecule has 4 heteroatoms. The molecule has 1 aromatic carbocycles. The molecule has 0 aromatic heterocycles. The molecule has 0 saturated carbocycles. The van der Waals surface area contributed by atoms with Crippen molar-refractivity contribution >= 4 is 19.4 Å². The van der Waals surface area contributed by atoms with E-state index in [4.69, 9.17) is 24.1 Å². The van der Waals surface area contributed by atoms with Crippen LogP contribution < -0.4 is 4.74 Å². The zero-order valence-electron chi connectivity index (χ0n) is 6.26. The van der Waals surface area contributed by atoms with Crippen molar-refractivity contribution in [3.05, 3.63) is 30.3 Å². The van der Waals surface area contributed by atoms with Gasteiger partial charge in [-0.05, 0) is 12.1 Å². The van der Waals surface area contributed by atoms with Gasteiger partial charge in [0.25, 0.3) is 0 Å². The van der Waals surface area contributed by atoms with Crippen molar-refractivity contribution in [2.75, 3.05) is 7.11 Å². The first kappa shape index (κ1) is 11.2. The summed E-state index contributed by atoms with van der Waals surface area (Å²) in [7, 11) is 11.6. The zero-order chi connectivity index (χ0) is 8.53. The van der Waals surface area contributed by atoms with Gasteiger partial charge in [0.15, 0.2) is 0 Å². The summed E-state index contributed by atoms with van der Waals surface area (Å²) in [6.07, 6.45) is 0. The SMILES string of the molecule is COc1ccccc1.[Cl][Zn][Cl]. The molecular formula is C7H8Cl2OZn. The fourth-order valence-electron chi connectivity index (χ4n) is 0.557. The van der Waals surface area contributed by atoms with Crippen LogP contribution in [0.15, 0.2) is 30.3 Å². The number of hydrogen-bond acceptors (Lipinski definition) is 1. The summed E-state index contributed by atoms with van der Waals surface area (Å²) in [5, 5.41) is 0. The first-order valence-electron chi connectivity index (χ1n) is 3.06. The predicted molar refractivity (Wildman–Crippen MR) is 44.7 cm³/mol. The predicted octanol–water partition coefficient (Wildman–Crippen LogP) is 3.07. The van der Waals surface area contributed by atoms with Gasteiger partial charge in [0, 0.05) is 0 Å². The van der Waals surface area contributed by atoms with Crippen molar-refractivity contribution in [3.63, 3.8) is 0 Å². The van der Waals surface area contributed by atoms with Crippen LogP contribution in [0.3, 0.4) is 0 Å². The van der Waals surface area contributed by atoms with Crippen molar-refractivity contribution in [3.8, 4) is 5.75 Å². The van der Waals surface area contributed by atoms with Gasteiger partial charge in [0.2, 0.25) is 0 Å². The monoisotopic (exact) mass is 242 g/mol. The fraction of sp³-hybridized carbons (Fsp3) is 0.143. The average Bonchev–Trinajstić information content (AvgIpc) is 2.08. The number of para-hydroxylation sites is 1. The molecule has 0 saturated heterocycles. The zero-order valence-corrected chi connectivity index (χ0v) is 10.7. The summed E-state index contributed by atoms with van der Waals surface area (Å²) in [5.41, 5.74) is 0. The molecule has 58 valence electrons. The van der Waals surface area contributed by atoms with Crippen LogP contribution in [0.1, 0.15) is 0 Å². The maximum atomic E-state index is 4.95.